The quantitative estimate of drug-likeness (QED) is 0.324. The van der Waals surface area contributed by atoms with Crippen LogP contribution in [-0.2, 0) is 24.8 Å². The second kappa shape index (κ2) is 9.31. The van der Waals surface area contributed by atoms with Crippen LogP contribution in [0.2, 0.25) is 5.02 Å². The highest BCUT2D eigenvalue weighted by atomic mass is 35.5. The Labute approximate surface area is 248 Å². The summed E-state index contributed by atoms with van der Waals surface area (Å²) in [5, 5.41) is 33.7. The highest BCUT2D eigenvalue weighted by Gasteiger charge is 2.52. The average Bonchev–Trinajstić information content (AvgIpc) is 3.31. The molecule has 0 bridgehead atoms. The largest absolute Gasteiger partial charge is 0.391 e. The predicted molar refractivity (Wildman–Crippen MR) is 160 cm³/mol. The van der Waals surface area contributed by atoms with Crippen molar-refractivity contribution in [2.45, 2.75) is 69.4 Å². The molecule has 7 nitrogen and oxygen atoms in total. The zero-order valence-corrected chi connectivity index (χ0v) is 24.7. The maximum atomic E-state index is 11.8. The molecule has 0 saturated heterocycles. The molecule has 2 aromatic carbocycles. The van der Waals surface area contributed by atoms with E-state index in [1.54, 1.807) is 11.3 Å². The van der Waals surface area contributed by atoms with E-state index >= 15 is 0 Å². The molecule has 4 aromatic rings. The van der Waals surface area contributed by atoms with Gasteiger partial charge in [-0.25, -0.2) is 0 Å². The number of aliphatic imine (C=N–C) groups is 1. The Morgan fingerprint density at radius 2 is 1.88 bits per heavy atom. The number of thiophene rings is 1. The van der Waals surface area contributed by atoms with Gasteiger partial charge in [-0.2, -0.15) is 0 Å². The third kappa shape index (κ3) is 3.85. The number of aromatic nitrogens is 3. The fraction of sp³-hybridized carbons (Fsp3) is 0.406. The molecule has 1 unspecified atom stereocenters. The summed E-state index contributed by atoms with van der Waals surface area (Å²) >= 11 is 8.57. The van der Waals surface area contributed by atoms with Crippen LogP contribution in [0.4, 0.5) is 0 Å². The van der Waals surface area contributed by atoms with Crippen LogP contribution in [0.3, 0.4) is 0 Å². The Hall–Kier alpha value is -2.88. The minimum Gasteiger partial charge on any atom is -0.391 e. The first-order valence-corrected chi connectivity index (χ1v) is 15.6. The van der Waals surface area contributed by atoms with Gasteiger partial charge in [-0.3, -0.25) is 14.5 Å². The molecule has 0 amide bonds. The molecule has 0 radical (unpaired) electrons. The Kier molecular flexibility index (Phi) is 5.86. The lowest BCUT2D eigenvalue weighted by Gasteiger charge is -2.41. The van der Waals surface area contributed by atoms with E-state index in [2.05, 4.69) is 39.0 Å². The second-order valence-corrected chi connectivity index (χ2v) is 13.5. The number of rotatable bonds is 4. The van der Waals surface area contributed by atoms with Crippen molar-refractivity contribution < 1.29 is 10.2 Å². The molecule has 3 aliphatic carbocycles. The summed E-state index contributed by atoms with van der Waals surface area (Å²) in [6.07, 6.45) is 3.71. The lowest BCUT2D eigenvalue weighted by atomic mass is 9.84. The molecule has 4 aliphatic rings. The normalized spacial score (nSPS) is 24.3. The molecule has 9 heteroatoms. The van der Waals surface area contributed by atoms with Crippen LogP contribution in [-0.4, -0.2) is 55.0 Å². The third-order valence-corrected chi connectivity index (χ3v) is 11.1. The molecule has 4 atom stereocenters. The number of aryl methyl sites for hydroxylation is 2. The van der Waals surface area contributed by atoms with Gasteiger partial charge in [0.15, 0.2) is 5.82 Å². The van der Waals surface area contributed by atoms with Crippen molar-refractivity contribution in [1.82, 2.24) is 19.7 Å². The Balaban J connectivity index is 1.20. The van der Waals surface area contributed by atoms with Crippen molar-refractivity contribution in [3.8, 4) is 5.00 Å². The van der Waals surface area contributed by atoms with Crippen molar-refractivity contribution >= 4 is 28.6 Å². The van der Waals surface area contributed by atoms with E-state index in [-0.39, 0.29) is 17.5 Å². The van der Waals surface area contributed by atoms with E-state index in [0.717, 1.165) is 71.2 Å². The zero-order chi connectivity index (χ0) is 28.0. The monoisotopic (exact) mass is 585 g/mol. The lowest BCUT2D eigenvalue weighted by Crippen LogP contribution is -2.46. The summed E-state index contributed by atoms with van der Waals surface area (Å²) in [6.45, 7) is 2.01. The van der Waals surface area contributed by atoms with Crippen molar-refractivity contribution in [1.29, 1.82) is 0 Å². The van der Waals surface area contributed by atoms with Gasteiger partial charge in [0, 0.05) is 26.9 Å². The van der Waals surface area contributed by atoms with E-state index in [1.807, 2.05) is 43.1 Å². The highest BCUT2D eigenvalue weighted by molar-refractivity contribution is 7.15. The molecule has 41 heavy (non-hydrogen) atoms. The summed E-state index contributed by atoms with van der Waals surface area (Å²) in [5.41, 5.74) is 6.20. The van der Waals surface area contributed by atoms with Crippen molar-refractivity contribution in [2.75, 3.05) is 7.05 Å². The summed E-state index contributed by atoms with van der Waals surface area (Å²) in [6, 6.07) is 16.0. The number of hydrogen-bond donors (Lipinski definition) is 2. The van der Waals surface area contributed by atoms with Gasteiger partial charge in [-0.1, -0.05) is 54.1 Å². The van der Waals surface area contributed by atoms with E-state index in [0.29, 0.717) is 11.4 Å². The van der Waals surface area contributed by atoms with Gasteiger partial charge in [0.05, 0.1) is 17.9 Å². The van der Waals surface area contributed by atoms with Gasteiger partial charge in [-0.15, -0.1) is 21.5 Å². The van der Waals surface area contributed by atoms with Gasteiger partial charge in [0.25, 0.3) is 0 Å². The average molecular weight is 586 g/mol. The first-order chi connectivity index (χ1) is 19.9. The summed E-state index contributed by atoms with van der Waals surface area (Å²) in [5.74, 6) is 1.78. The molecule has 2 aromatic heterocycles. The molecule has 1 fully saturated rings. The number of benzene rings is 2. The first-order valence-electron chi connectivity index (χ1n) is 14.4. The minimum atomic E-state index is -0.704. The maximum absolute atomic E-state index is 11.8. The maximum Gasteiger partial charge on any atom is 0.166 e. The Morgan fingerprint density at radius 1 is 1.10 bits per heavy atom. The van der Waals surface area contributed by atoms with Gasteiger partial charge in [-0.05, 0) is 75.3 Å². The van der Waals surface area contributed by atoms with Gasteiger partial charge >= 0.3 is 0 Å². The highest BCUT2D eigenvalue weighted by Crippen LogP contribution is 2.54. The zero-order valence-electron chi connectivity index (χ0n) is 23.1. The van der Waals surface area contributed by atoms with Crippen LogP contribution in [0.5, 0.6) is 0 Å². The molecular weight excluding hydrogens is 554 g/mol. The number of aliphatic hydroxyl groups excluding tert-OH is 2. The predicted octanol–water partition coefficient (Wildman–Crippen LogP) is 5.14. The van der Waals surface area contributed by atoms with Crippen LogP contribution in [0.15, 0.2) is 53.5 Å². The summed E-state index contributed by atoms with van der Waals surface area (Å²) in [7, 11) is 1.95. The molecule has 2 N–H and O–H groups in total. The molecular formula is C32H32ClN5O2S. The Bertz CT molecular complexity index is 1720. The number of nitrogens with zero attached hydrogens (tertiary/aromatic N) is 5. The van der Waals surface area contributed by atoms with Gasteiger partial charge in [0.2, 0.25) is 0 Å². The second-order valence-electron chi connectivity index (χ2n) is 12.1. The third-order valence-electron chi connectivity index (χ3n) is 9.57. The molecule has 1 saturated carbocycles. The molecule has 210 valence electrons. The van der Waals surface area contributed by atoms with E-state index < -0.39 is 12.3 Å². The van der Waals surface area contributed by atoms with E-state index in [4.69, 9.17) is 16.6 Å². The fourth-order valence-electron chi connectivity index (χ4n) is 7.30. The lowest BCUT2D eigenvalue weighted by molar-refractivity contribution is -0.0800. The fourth-order valence-corrected chi connectivity index (χ4v) is 9.00. The number of fused-ring (bicyclic) bond motifs is 7. The number of aliphatic hydroxyl groups is 2. The van der Waals surface area contributed by atoms with Crippen molar-refractivity contribution in [3.63, 3.8) is 0 Å². The molecule has 1 spiro atoms. The summed E-state index contributed by atoms with van der Waals surface area (Å²) in [4.78, 5) is 8.68. The van der Waals surface area contributed by atoms with Crippen LogP contribution < -0.4 is 0 Å². The van der Waals surface area contributed by atoms with E-state index in [1.165, 1.54) is 16.0 Å². The van der Waals surface area contributed by atoms with E-state index in [9.17, 15) is 10.2 Å². The van der Waals surface area contributed by atoms with Gasteiger partial charge in [0.1, 0.15) is 22.6 Å². The SMILES string of the molecule is Cc1nnc2n1-c1sc3c(c1C(c1ccccc1Cl)=NC21CC1)C[C@H](C(O)N(C)[C@H]1c2ccccc2CC[C@@H]1O)C3. The van der Waals surface area contributed by atoms with Gasteiger partial charge < -0.3 is 10.2 Å². The number of halogens is 1. The molecule has 1 aliphatic heterocycles. The molecule has 3 heterocycles. The van der Waals surface area contributed by atoms with Crippen LogP contribution in [0.1, 0.15) is 69.6 Å². The van der Waals surface area contributed by atoms with Crippen LogP contribution in [0, 0.1) is 12.8 Å². The number of hydrogen-bond acceptors (Lipinski definition) is 7. The standard InChI is InChI=1S/C32H32ClN5O2S/c1-17-35-36-31-32(13-14-32)34-27(21-9-5-6-10-23(21)33)26-22-15-19(16-25(22)41-30(26)38(17)31)29(40)37(2)28-20-8-4-3-7-18(20)11-12-24(28)39/h3-10,19,24,28-29,39-40H,11-16H2,1-2H3/t19-,24-,28-,29?/m0/s1. The summed E-state index contributed by atoms with van der Waals surface area (Å²) < 4.78 is 2.21. The Morgan fingerprint density at radius 3 is 2.68 bits per heavy atom. The topological polar surface area (TPSA) is 86.8 Å². The first kappa shape index (κ1) is 25.8. The van der Waals surface area contributed by atoms with Crippen LogP contribution in [0.25, 0.3) is 5.00 Å². The minimum absolute atomic E-state index is 0.0000445. The van der Waals surface area contributed by atoms with Crippen molar-refractivity contribution in [3.05, 3.63) is 97.9 Å². The van der Waals surface area contributed by atoms with Crippen molar-refractivity contribution in [2.24, 2.45) is 10.9 Å². The van der Waals surface area contributed by atoms with Crippen LogP contribution >= 0.6 is 22.9 Å². The number of likely N-dealkylation sites (N-methyl/N-ethyl adjacent to an activating group) is 1. The smallest absolute Gasteiger partial charge is 0.166 e. The molecule has 8 rings (SSSR count).